The lowest BCUT2D eigenvalue weighted by molar-refractivity contribution is 1.14. The van der Waals surface area contributed by atoms with Gasteiger partial charge in [-0.3, -0.25) is 4.99 Å². The number of benzodiazepines with no additional fused rings is 1. The molecule has 1 heterocycles. The lowest BCUT2D eigenvalue weighted by atomic mass is 9.98. The maximum Gasteiger partial charge on any atom is 0.102 e. The maximum atomic E-state index is 6.35. The first kappa shape index (κ1) is 14.2. The van der Waals surface area contributed by atoms with Gasteiger partial charge < -0.3 is 5.32 Å². The summed E-state index contributed by atoms with van der Waals surface area (Å²) in [6, 6.07) is 14.1. The Labute approximate surface area is 134 Å². The molecule has 4 heteroatoms. The normalized spacial score (nSPS) is 14.0. The first-order valence-electron chi connectivity index (χ1n) is 6.91. The van der Waals surface area contributed by atoms with Crippen molar-refractivity contribution in [3.63, 3.8) is 0 Å². The molecule has 0 saturated heterocycles. The van der Waals surface area contributed by atoms with Crippen LogP contribution in [0.3, 0.4) is 0 Å². The predicted molar refractivity (Wildman–Crippen MR) is 94.0 cm³/mol. The monoisotopic (exact) mass is 314 g/mol. The van der Waals surface area contributed by atoms with Gasteiger partial charge in [-0.25, -0.2) is 0 Å². The summed E-state index contributed by atoms with van der Waals surface area (Å²) < 4.78 is 0. The molecule has 106 valence electrons. The number of fused-ring (bicyclic) bond motifs is 1. The highest BCUT2D eigenvalue weighted by molar-refractivity contribution is 7.80. The van der Waals surface area contributed by atoms with E-state index >= 15 is 0 Å². The number of hydrogen-bond acceptors (Lipinski definition) is 2. The van der Waals surface area contributed by atoms with Crippen LogP contribution in [0.1, 0.15) is 23.6 Å². The van der Waals surface area contributed by atoms with Crippen LogP contribution in [-0.4, -0.2) is 17.2 Å². The second-order valence-electron chi connectivity index (χ2n) is 4.93. The third kappa shape index (κ3) is 2.85. The van der Waals surface area contributed by atoms with Crippen molar-refractivity contribution in [3.05, 3.63) is 64.2 Å². The second kappa shape index (κ2) is 5.96. The molecule has 1 aliphatic heterocycles. The van der Waals surface area contributed by atoms with Crippen LogP contribution in [-0.2, 0) is 6.42 Å². The minimum absolute atomic E-state index is 0.478. The molecule has 0 spiro atoms. The van der Waals surface area contributed by atoms with Gasteiger partial charge in [0.05, 0.1) is 12.3 Å². The lowest BCUT2D eigenvalue weighted by Gasteiger charge is -2.13. The number of anilines is 1. The van der Waals surface area contributed by atoms with E-state index in [0.29, 0.717) is 11.6 Å². The van der Waals surface area contributed by atoms with Crippen molar-refractivity contribution in [2.24, 2.45) is 4.99 Å². The molecule has 0 amide bonds. The van der Waals surface area contributed by atoms with Crippen LogP contribution in [0.15, 0.2) is 47.5 Å². The summed E-state index contributed by atoms with van der Waals surface area (Å²) in [4.78, 5) is 5.41. The number of aliphatic imine (C=N–C) groups is 1. The molecule has 0 aliphatic carbocycles. The Balaban J connectivity index is 2.21. The van der Waals surface area contributed by atoms with Gasteiger partial charge in [0.25, 0.3) is 0 Å². The average molecular weight is 315 g/mol. The summed E-state index contributed by atoms with van der Waals surface area (Å²) in [6.07, 6.45) is 0.980. The summed E-state index contributed by atoms with van der Waals surface area (Å²) in [5.41, 5.74) is 5.16. The van der Waals surface area contributed by atoms with Gasteiger partial charge in [0.1, 0.15) is 4.99 Å². The van der Waals surface area contributed by atoms with E-state index in [9.17, 15) is 0 Å². The fraction of sp³-hybridized carbons (Fsp3) is 0.176. The molecule has 0 aromatic heterocycles. The highest BCUT2D eigenvalue weighted by Crippen LogP contribution is 2.27. The van der Waals surface area contributed by atoms with Crippen LogP contribution in [0, 0.1) is 0 Å². The van der Waals surface area contributed by atoms with Crippen molar-refractivity contribution in [1.29, 1.82) is 0 Å². The van der Waals surface area contributed by atoms with E-state index in [0.717, 1.165) is 33.9 Å². The molecule has 0 saturated carbocycles. The maximum absolute atomic E-state index is 6.35. The average Bonchev–Trinajstić information content (AvgIpc) is 2.65. The zero-order valence-electron chi connectivity index (χ0n) is 11.7. The Morgan fingerprint density at radius 2 is 2.00 bits per heavy atom. The minimum atomic E-state index is 0.478. The van der Waals surface area contributed by atoms with E-state index in [1.165, 1.54) is 5.56 Å². The van der Waals surface area contributed by atoms with E-state index in [1.54, 1.807) is 0 Å². The smallest absolute Gasteiger partial charge is 0.102 e. The van der Waals surface area contributed by atoms with Gasteiger partial charge in [-0.2, -0.15) is 0 Å². The van der Waals surface area contributed by atoms with Crippen molar-refractivity contribution >= 4 is 40.2 Å². The molecular weight excluding hydrogens is 300 g/mol. The topological polar surface area (TPSA) is 24.4 Å². The molecule has 2 aromatic carbocycles. The Morgan fingerprint density at radius 3 is 2.76 bits per heavy atom. The Kier molecular flexibility index (Phi) is 4.04. The van der Waals surface area contributed by atoms with Crippen LogP contribution in [0.5, 0.6) is 0 Å². The number of hydrogen-bond donors (Lipinski definition) is 1. The Bertz CT molecular complexity index is 737. The van der Waals surface area contributed by atoms with Gasteiger partial charge in [0, 0.05) is 21.8 Å². The molecule has 1 N–H and O–H groups in total. The first-order valence-corrected chi connectivity index (χ1v) is 7.70. The van der Waals surface area contributed by atoms with Crippen LogP contribution in [0.2, 0.25) is 5.02 Å². The van der Waals surface area contributed by atoms with Crippen molar-refractivity contribution < 1.29 is 0 Å². The number of nitrogens with zero attached hydrogens (tertiary/aromatic N) is 1. The van der Waals surface area contributed by atoms with E-state index in [2.05, 4.69) is 35.4 Å². The van der Waals surface area contributed by atoms with Crippen molar-refractivity contribution in [1.82, 2.24) is 0 Å². The zero-order chi connectivity index (χ0) is 14.8. The first-order chi connectivity index (χ1) is 10.2. The molecule has 0 unspecified atom stereocenters. The molecule has 21 heavy (non-hydrogen) atoms. The van der Waals surface area contributed by atoms with Crippen molar-refractivity contribution in [2.45, 2.75) is 13.3 Å². The zero-order valence-corrected chi connectivity index (χ0v) is 13.3. The van der Waals surface area contributed by atoms with E-state index < -0.39 is 0 Å². The third-order valence-electron chi connectivity index (χ3n) is 3.53. The Morgan fingerprint density at radius 1 is 1.19 bits per heavy atom. The quantitative estimate of drug-likeness (QED) is 0.826. The van der Waals surface area contributed by atoms with Crippen LogP contribution in [0.4, 0.5) is 5.69 Å². The molecular formula is C17H15ClN2S. The van der Waals surface area contributed by atoms with Crippen molar-refractivity contribution in [2.75, 3.05) is 11.9 Å². The molecule has 2 aromatic rings. The van der Waals surface area contributed by atoms with Crippen LogP contribution in [0.25, 0.3) is 0 Å². The summed E-state index contributed by atoms with van der Waals surface area (Å²) in [7, 11) is 0. The summed E-state index contributed by atoms with van der Waals surface area (Å²) in [6.45, 7) is 2.62. The van der Waals surface area contributed by atoms with E-state index in [-0.39, 0.29) is 0 Å². The highest BCUT2D eigenvalue weighted by atomic mass is 35.5. The predicted octanol–water partition coefficient (Wildman–Crippen LogP) is 4.49. The summed E-state index contributed by atoms with van der Waals surface area (Å²) >= 11 is 11.7. The molecule has 2 nitrogen and oxygen atoms in total. The molecule has 3 rings (SSSR count). The van der Waals surface area contributed by atoms with Crippen LogP contribution < -0.4 is 5.32 Å². The number of rotatable bonds is 2. The SMILES string of the molecule is CCc1ccc2c(c1)C(c1ccccc1Cl)=NCC(=S)N2. The summed E-state index contributed by atoms with van der Waals surface area (Å²) in [5.74, 6) is 0. The molecule has 0 bridgehead atoms. The van der Waals surface area contributed by atoms with E-state index in [1.807, 2.05) is 24.3 Å². The van der Waals surface area contributed by atoms with Gasteiger partial charge in [0.2, 0.25) is 0 Å². The highest BCUT2D eigenvalue weighted by Gasteiger charge is 2.18. The standard InChI is InChI=1S/C17H15ClN2S/c1-2-11-7-8-15-13(9-11)17(19-10-16(21)20-15)12-5-3-4-6-14(12)18/h3-9H,2,10H2,1H3,(H,20,21). The number of halogens is 1. The van der Waals surface area contributed by atoms with E-state index in [4.69, 9.17) is 23.8 Å². The van der Waals surface area contributed by atoms with Gasteiger partial charge in [-0.15, -0.1) is 0 Å². The van der Waals surface area contributed by atoms with Gasteiger partial charge in [-0.1, -0.05) is 55.0 Å². The third-order valence-corrected chi connectivity index (χ3v) is 4.09. The van der Waals surface area contributed by atoms with Gasteiger partial charge in [-0.05, 0) is 30.2 Å². The largest absolute Gasteiger partial charge is 0.348 e. The minimum Gasteiger partial charge on any atom is -0.348 e. The molecule has 0 fully saturated rings. The Hall–Kier alpha value is -1.71. The fourth-order valence-electron chi connectivity index (χ4n) is 2.43. The number of benzene rings is 2. The van der Waals surface area contributed by atoms with Gasteiger partial charge >= 0.3 is 0 Å². The molecule has 1 aliphatic rings. The number of nitrogens with one attached hydrogen (secondary N) is 1. The summed E-state index contributed by atoms with van der Waals surface area (Å²) in [5, 5.41) is 3.97. The lowest BCUT2D eigenvalue weighted by Crippen LogP contribution is -2.11. The number of thiocarbonyl (C=S) groups is 1. The van der Waals surface area contributed by atoms with Crippen LogP contribution >= 0.6 is 23.8 Å². The fourth-order valence-corrected chi connectivity index (χ4v) is 2.83. The van der Waals surface area contributed by atoms with Gasteiger partial charge in [0.15, 0.2) is 0 Å². The number of aryl methyl sites for hydroxylation is 1. The van der Waals surface area contributed by atoms with Crippen molar-refractivity contribution in [3.8, 4) is 0 Å². The molecule has 0 atom stereocenters. The molecule has 0 radical (unpaired) electrons. The second-order valence-corrected chi connectivity index (χ2v) is 5.83.